The fourth-order valence-corrected chi connectivity index (χ4v) is 5.14. The number of esters is 2. The zero-order chi connectivity index (χ0) is 39.1. The van der Waals surface area contributed by atoms with E-state index < -0.39 is 51.8 Å². The molecular weight excluding hydrogens is 695 g/mol. The van der Waals surface area contributed by atoms with Gasteiger partial charge in [-0.15, -0.1) is 0 Å². The van der Waals surface area contributed by atoms with Crippen molar-refractivity contribution in [3.63, 3.8) is 0 Å². The van der Waals surface area contributed by atoms with Gasteiger partial charge >= 0.3 is 19.8 Å². The molecule has 0 rings (SSSR count). The van der Waals surface area contributed by atoms with E-state index in [2.05, 4.69) is 67.0 Å². The molecular formula is C42H67O10P. The second-order valence-electron chi connectivity index (χ2n) is 12.3. The molecule has 3 atom stereocenters. The minimum Gasteiger partial charge on any atom is -0.462 e. The molecule has 0 spiro atoms. The second-order valence-corrected chi connectivity index (χ2v) is 13.8. The SMILES string of the molecule is CC/C=C/C=C/C=C/C=C/CCCCCC(=O)OC(COC(=O)CCC/C=C/C/C=C/C/C=C/C/C=C/CCCCC)COP(=O)(O)OC[C@@H](O)CO. The Kier molecular flexibility index (Phi) is 35.0. The molecule has 0 aromatic rings. The van der Waals surface area contributed by atoms with Gasteiger partial charge < -0.3 is 24.6 Å². The molecule has 0 aromatic heterocycles. The van der Waals surface area contributed by atoms with E-state index >= 15 is 0 Å². The third kappa shape index (κ3) is 37.0. The van der Waals surface area contributed by atoms with Crippen molar-refractivity contribution in [2.45, 2.75) is 129 Å². The Morgan fingerprint density at radius 1 is 0.604 bits per heavy atom. The van der Waals surface area contributed by atoms with Crippen LogP contribution in [0.1, 0.15) is 117 Å². The van der Waals surface area contributed by atoms with Crippen LogP contribution in [0.4, 0.5) is 0 Å². The normalized spacial score (nSPS) is 15.0. The summed E-state index contributed by atoms with van der Waals surface area (Å²) in [6.45, 7) is 2.05. The summed E-state index contributed by atoms with van der Waals surface area (Å²) in [5.41, 5.74) is 0. The number of aliphatic hydroxyl groups excluding tert-OH is 2. The quantitative estimate of drug-likeness (QED) is 0.0190. The highest BCUT2D eigenvalue weighted by Crippen LogP contribution is 2.43. The number of phosphoric ester groups is 1. The van der Waals surface area contributed by atoms with E-state index in [1.54, 1.807) is 0 Å². The van der Waals surface area contributed by atoms with E-state index in [0.29, 0.717) is 19.3 Å². The van der Waals surface area contributed by atoms with Gasteiger partial charge in [-0.1, -0.05) is 130 Å². The van der Waals surface area contributed by atoms with Crippen LogP contribution in [-0.4, -0.2) is 65.7 Å². The number of rotatable bonds is 34. The zero-order valence-electron chi connectivity index (χ0n) is 32.2. The third-order valence-electron chi connectivity index (χ3n) is 7.32. The van der Waals surface area contributed by atoms with Gasteiger partial charge in [-0.2, -0.15) is 0 Å². The van der Waals surface area contributed by atoms with Gasteiger partial charge in [-0.25, -0.2) is 4.57 Å². The topological polar surface area (TPSA) is 149 Å². The van der Waals surface area contributed by atoms with E-state index in [0.717, 1.165) is 51.4 Å². The number of hydrogen-bond donors (Lipinski definition) is 3. The molecule has 300 valence electrons. The molecule has 2 unspecified atom stereocenters. The van der Waals surface area contributed by atoms with Crippen LogP contribution < -0.4 is 0 Å². The van der Waals surface area contributed by atoms with Gasteiger partial charge in [0, 0.05) is 12.8 Å². The van der Waals surface area contributed by atoms with Crippen LogP contribution in [0.2, 0.25) is 0 Å². The number of ether oxygens (including phenoxy) is 2. The van der Waals surface area contributed by atoms with Crippen LogP contribution in [0.15, 0.2) is 97.2 Å². The standard InChI is InChI=1S/C42H67O10P/c1-3-5-7-9-11-13-15-17-18-19-20-22-23-25-27-29-31-33-41(45)49-37-40(38-51-53(47,48)50-36-39(44)35-43)52-42(46)34-32-30-28-26-24-21-16-14-12-10-8-6-4-2/h6,8,10-14,16-18,20-22,24-25,27,39-40,43-44H,3-5,7,9,15,19,23,26,28-38H2,1-2H3,(H,47,48)/b8-6+,12-10+,13-11+,16-14+,18-17+,22-20+,24-21+,27-25+/t39-,40?/m0/s1. The number of unbranched alkanes of at least 4 members (excludes halogenated alkanes) is 7. The molecule has 3 N–H and O–H groups in total. The van der Waals surface area contributed by atoms with E-state index in [-0.39, 0.29) is 19.4 Å². The lowest BCUT2D eigenvalue weighted by Crippen LogP contribution is -2.29. The zero-order valence-corrected chi connectivity index (χ0v) is 33.1. The highest BCUT2D eigenvalue weighted by atomic mass is 31.2. The fourth-order valence-electron chi connectivity index (χ4n) is 4.35. The second kappa shape index (κ2) is 37.2. The first kappa shape index (κ1) is 49.9. The maximum Gasteiger partial charge on any atom is 0.472 e. The van der Waals surface area contributed by atoms with Gasteiger partial charge in [0.1, 0.15) is 12.7 Å². The van der Waals surface area contributed by atoms with Crippen molar-refractivity contribution in [2.75, 3.05) is 26.4 Å². The van der Waals surface area contributed by atoms with Gasteiger partial charge in [0.15, 0.2) is 6.10 Å². The Bertz CT molecular complexity index is 1200. The third-order valence-corrected chi connectivity index (χ3v) is 8.27. The first-order valence-electron chi connectivity index (χ1n) is 19.2. The number of allylic oxidation sites excluding steroid dienone is 16. The number of carbonyl (C=O) groups excluding carboxylic acids is 2. The minimum atomic E-state index is -4.64. The van der Waals surface area contributed by atoms with E-state index in [1.165, 1.54) is 19.3 Å². The van der Waals surface area contributed by atoms with Gasteiger partial charge in [0.2, 0.25) is 0 Å². The summed E-state index contributed by atoms with van der Waals surface area (Å²) in [6.07, 6.45) is 43.9. The molecule has 0 aromatic carbocycles. The van der Waals surface area contributed by atoms with Crippen molar-refractivity contribution in [3.05, 3.63) is 97.2 Å². The molecule has 0 saturated heterocycles. The van der Waals surface area contributed by atoms with E-state index in [9.17, 15) is 24.2 Å². The molecule has 0 radical (unpaired) electrons. The minimum absolute atomic E-state index is 0.120. The Balaban J connectivity index is 4.54. The van der Waals surface area contributed by atoms with Gasteiger partial charge in [-0.05, 0) is 70.6 Å². The van der Waals surface area contributed by atoms with Gasteiger partial charge in [0.25, 0.3) is 0 Å². The predicted octanol–water partition coefficient (Wildman–Crippen LogP) is 9.66. The molecule has 0 aliphatic carbocycles. The van der Waals surface area contributed by atoms with Gasteiger partial charge in [-0.3, -0.25) is 18.6 Å². The summed E-state index contributed by atoms with van der Waals surface area (Å²) in [7, 11) is -4.64. The molecule has 0 amide bonds. The van der Waals surface area contributed by atoms with Crippen molar-refractivity contribution < 1.29 is 47.8 Å². The summed E-state index contributed by atoms with van der Waals surface area (Å²) >= 11 is 0. The molecule has 0 fully saturated rings. The van der Waals surface area contributed by atoms with Crippen molar-refractivity contribution in [3.8, 4) is 0 Å². The molecule has 0 aliphatic heterocycles. The first-order chi connectivity index (χ1) is 25.7. The molecule has 11 heteroatoms. The fraction of sp³-hybridized carbons (Fsp3) is 0.571. The summed E-state index contributed by atoms with van der Waals surface area (Å²) in [5.74, 6) is -1.05. The highest BCUT2D eigenvalue weighted by molar-refractivity contribution is 7.47. The van der Waals surface area contributed by atoms with Gasteiger partial charge in [0.05, 0.1) is 19.8 Å². The Morgan fingerprint density at radius 3 is 1.75 bits per heavy atom. The van der Waals surface area contributed by atoms with Crippen LogP contribution in [0.5, 0.6) is 0 Å². The summed E-state index contributed by atoms with van der Waals surface area (Å²) in [6, 6.07) is 0. The van der Waals surface area contributed by atoms with Crippen LogP contribution in [0.25, 0.3) is 0 Å². The molecule has 53 heavy (non-hydrogen) atoms. The smallest absolute Gasteiger partial charge is 0.462 e. The van der Waals surface area contributed by atoms with E-state index in [1.807, 2.05) is 48.6 Å². The molecule has 10 nitrogen and oxygen atoms in total. The molecule has 0 saturated carbocycles. The predicted molar refractivity (Wildman–Crippen MR) is 214 cm³/mol. The Labute approximate surface area is 319 Å². The number of hydrogen-bond acceptors (Lipinski definition) is 9. The molecule has 0 bridgehead atoms. The lowest BCUT2D eigenvalue weighted by molar-refractivity contribution is -0.161. The monoisotopic (exact) mass is 762 g/mol. The number of carbonyl (C=O) groups is 2. The van der Waals surface area contributed by atoms with Crippen molar-refractivity contribution in [1.29, 1.82) is 0 Å². The van der Waals surface area contributed by atoms with Crippen molar-refractivity contribution >= 4 is 19.8 Å². The van der Waals surface area contributed by atoms with Crippen molar-refractivity contribution in [1.82, 2.24) is 0 Å². The number of aliphatic hydroxyl groups is 2. The average Bonchev–Trinajstić information content (AvgIpc) is 3.14. The van der Waals surface area contributed by atoms with E-state index in [4.69, 9.17) is 19.1 Å². The Morgan fingerprint density at radius 2 is 1.13 bits per heavy atom. The lowest BCUT2D eigenvalue weighted by Gasteiger charge is -2.20. The summed E-state index contributed by atoms with van der Waals surface area (Å²) in [5, 5.41) is 18.3. The maximum atomic E-state index is 12.5. The lowest BCUT2D eigenvalue weighted by atomic mass is 10.1. The maximum absolute atomic E-state index is 12.5. The Hall–Kier alpha value is -3.11. The largest absolute Gasteiger partial charge is 0.472 e. The molecule has 0 heterocycles. The van der Waals surface area contributed by atoms with Crippen LogP contribution in [0, 0.1) is 0 Å². The number of phosphoric acid groups is 1. The summed E-state index contributed by atoms with van der Waals surface area (Å²) < 4.78 is 32.5. The van der Waals surface area contributed by atoms with Crippen molar-refractivity contribution in [2.24, 2.45) is 0 Å². The molecule has 0 aliphatic rings. The first-order valence-corrected chi connectivity index (χ1v) is 20.7. The van der Waals surface area contributed by atoms with Crippen LogP contribution >= 0.6 is 7.82 Å². The van der Waals surface area contributed by atoms with Crippen LogP contribution in [0.3, 0.4) is 0 Å². The average molecular weight is 763 g/mol. The highest BCUT2D eigenvalue weighted by Gasteiger charge is 2.27. The van der Waals surface area contributed by atoms with Crippen LogP contribution in [-0.2, 0) is 32.7 Å². The summed E-state index contributed by atoms with van der Waals surface area (Å²) in [4.78, 5) is 34.8.